The average molecular weight is 234 g/mol. The molecule has 3 heteroatoms. The van der Waals surface area contributed by atoms with E-state index in [2.05, 4.69) is 0 Å². The lowest BCUT2D eigenvalue weighted by Crippen LogP contribution is -2.31. The van der Waals surface area contributed by atoms with Gasteiger partial charge in [0.15, 0.2) is 0 Å². The summed E-state index contributed by atoms with van der Waals surface area (Å²) in [6.07, 6.45) is 1.84. The van der Waals surface area contributed by atoms with Gasteiger partial charge in [0.1, 0.15) is 5.75 Å². The lowest BCUT2D eigenvalue weighted by Gasteiger charge is -2.29. The molecular weight excluding hydrogens is 216 g/mol. The standard InChI is InChI=1S/C14H18O3/c1-14(2,13(16)17-3)12-7-4-9-8-10(15)5-6-11(9)12/h5-6,8,12,15H,4,7H2,1-3H3. The number of carbonyl (C=O) groups excluding carboxylic acids is 1. The van der Waals surface area contributed by atoms with E-state index in [0.717, 1.165) is 18.4 Å². The van der Waals surface area contributed by atoms with Crippen LogP contribution in [0.3, 0.4) is 0 Å². The Morgan fingerprint density at radius 1 is 1.47 bits per heavy atom. The Morgan fingerprint density at radius 3 is 2.82 bits per heavy atom. The van der Waals surface area contributed by atoms with E-state index < -0.39 is 5.41 Å². The van der Waals surface area contributed by atoms with Crippen LogP contribution in [0.4, 0.5) is 0 Å². The maximum absolute atomic E-state index is 11.8. The van der Waals surface area contributed by atoms with Crippen LogP contribution in [0.5, 0.6) is 5.75 Å². The zero-order valence-electron chi connectivity index (χ0n) is 10.5. The van der Waals surface area contributed by atoms with Crippen molar-refractivity contribution in [3.05, 3.63) is 29.3 Å². The largest absolute Gasteiger partial charge is 0.508 e. The Labute approximate surface area is 101 Å². The minimum absolute atomic E-state index is 0.172. The van der Waals surface area contributed by atoms with Crippen molar-refractivity contribution in [3.8, 4) is 5.75 Å². The molecule has 92 valence electrons. The monoisotopic (exact) mass is 234 g/mol. The number of fused-ring (bicyclic) bond motifs is 1. The highest BCUT2D eigenvalue weighted by Crippen LogP contribution is 2.46. The number of aryl methyl sites for hydroxylation is 1. The number of hydrogen-bond acceptors (Lipinski definition) is 3. The predicted octanol–water partition coefficient (Wildman–Crippen LogP) is 2.62. The fourth-order valence-electron chi connectivity index (χ4n) is 2.76. The van der Waals surface area contributed by atoms with Crippen molar-refractivity contribution in [1.82, 2.24) is 0 Å². The number of carbonyl (C=O) groups is 1. The van der Waals surface area contributed by atoms with Gasteiger partial charge in [0.2, 0.25) is 0 Å². The zero-order valence-corrected chi connectivity index (χ0v) is 10.5. The van der Waals surface area contributed by atoms with Crippen LogP contribution < -0.4 is 0 Å². The van der Waals surface area contributed by atoms with Crippen molar-refractivity contribution in [2.45, 2.75) is 32.6 Å². The number of phenolic OH excluding ortho intramolecular Hbond substituents is 1. The first-order valence-corrected chi connectivity index (χ1v) is 5.87. The molecule has 1 aliphatic rings. The number of esters is 1. The van der Waals surface area contributed by atoms with Gasteiger partial charge >= 0.3 is 5.97 Å². The Hall–Kier alpha value is -1.51. The van der Waals surface area contributed by atoms with Crippen molar-refractivity contribution in [2.75, 3.05) is 7.11 Å². The minimum Gasteiger partial charge on any atom is -0.508 e. The number of phenols is 1. The first kappa shape index (κ1) is 12.0. The molecule has 1 aromatic rings. The summed E-state index contributed by atoms with van der Waals surface area (Å²) >= 11 is 0. The summed E-state index contributed by atoms with van der Waals surface area (Å²) in [5, 5.41) is 9.45. The van der Waals surface area contributed by atoms with Gasteiger partial charge in [-0.3, -0.25) is 4.79 Å². The quantitative estimate of drug-likeness (QED) is 0.800. The summed E-state index contributed by atoms with van der Waals surface area (Å²) in [7, 11) is 1.43. The third-order valence-electron chi connectivity index (χ3n) is 3.79. The molecule has 3 nitrogen and oxygen atoms in total. The normalized spacial score (nSPS) is 18.9. The number of ether oxygens (including phenoxy) is 1. The molecule has 0 saturated carbocycles. The van der Waals surface area contributed by atoms with Gasteiger partial charge in [0, 0.05) is 5.92 Å². The first-order chi connectivity index (χ1) is 7.96. The summed E-state index contributed by atoms with van der Waals surface area (Å²) in [5.74, 6) is 0.286. The lowest BCUT2D eigenvalue weighted by atomic mass is 9.75. The summed E-state index contributed by atoms with van der Waals surface area (Å²) in [6.45, 7) is 3.84. The Morgan fingerprint density at radius 2 is 2.18 bits per heavy atom. The second kappa shape index (κ2) is 4.06. The molecule has 0 saturated heterocycles. The number of rotatable bonds is 2. The molecule has 2 rings (SSSR count). The molecule has 17 heavy (non-hydrogen) atoms. The fraction of sp³-hybridized carbons (Fsp3) is 0.500. The van der Waals surface area contributed by atoms with E-state index in [-0.39, 0.29) is 11.9 Å². The lowest BCUT2D eigenvalue weighted by molar-refractivity contribution is -0.152. The van der Waals surface area contributed by atoms with E-state index in [1.165, 1.54) is 12.7 Å². The molecule has 0 aliphatic heterocycles. The van der Waals surface area contributed by atoms with E-state index in [1.54, 1.807) is 12.1 Å². The maximum Gasteiger partial charge on any atom is 0.311 e. The third kappa shape index (κ3) is 1.90. The van der Waals surface area contributed by atoms with Crippen LogP contribution in [0.15, 0.2) is 18.2 Å². The number of hydrogen-bond donors (Lipinski definition) is 1. The molecule has 0 heterocycles. The van der Waals surface area contributed by atoms with E-state index in [1.807, 2.05) is 19.9 Å². The molecule has 0 bridgehead atoms. The van der Waals surface area contributed by atoms with Crippen LogP contribution in [0.2, 0.25) is 0 Å². The molecule has 0 fully saturated rings. The number of benzene rings is 1. The van der Waals surface area contributed by atoms with Crippen LogP contribution >= 0.6 is 0 Å². The smallest absolute Gasteiger partial charge is 0.311 e. The highest BCUT2D eigenvalue weighted by Gasteiger charge is 2.41. The Balaban J connectivity index is 2.37. The Bertz CT molecular complexity index is 449. The van der Waals surface area contributed by atoms with Gasteiger partial charge in [-0.1, -0.05) is 6.07 Å². The number of aromatic hydroxyl groups is 1. The highest BCUT2D eigenvalue weighted by atomic mass is 16.5. The molecular formula is C14H18O3. The molecule has 0 spiro atoms. The van der Waals surface area contributed by atoms with Gasteiger partial charge in [-0.2, -0.15) is 0 Å². The minimum atomic E-state index is -0.517. The molecule has 1 atom stereocenters. The molecule has 1 aromatic carbocycles. The maximum atomic E-state index is 11.8. The molecule has 1 N–H and O–H groups in total. The van der Waals surface area contributed by atoms with Crippen molar-refractivity contribution >= 4 is 5.97 Å². The van der Waals surface area contributed by atoms with Crippen molar-refractivity contribution in [3.63, 3.8) is 0 Å². The predicted molar refractivity (Wildman–Crippen MR) is 65.0 cm³/mol. The molecule has 0 amide bonds. The third-order valence-corrected chi connectivity index (χ3v) is 3.79. The van der Waals surface area contributed by atoms with Crippen LogP contribution in [-0.4, -0.2) is 18.2 Å². The van der Waals surface area contributed by atoms with Crippen molar-refractivity contribution in [1.29, 1.82) is 0 Å². The summed E-state index contributed by atoms with van der Waals surface area (Å²) in [5.41, 5.74) is 1.79. The van der Waals surface area contributed by atoms with Crippen LogP contribution in [0.1, 0.15) is 37.3 Å². The average Bonchev–Trinajstić information content (AvgIpc) is 2.71. The first-order valence-electron chi connectivity index (χ1n) is 5.87. The molecule has 0 radical (unpaired) electrons. The van der Waals surface area contributed by atoms with Gasteiger partial charge < -0.3 is 9.84 Å². The van der Waals surface area contributed by atoms with Gasteiger partial charge in [-0.05, 0) is 49.9 Å². The second-order valence-corrected chi connectivity index (χ2v) is 5.19. The van der Waals surface area contributed by atoms with Gasteiger partial charge in [0.05, 0.1) is 12.5 Å². The van der Waals surface area contributed by atoms with Gasteiger partial charge in [-0.25, -0.2) is 0 Å². The second-order valence-electron chi connectivity index (χ2n) is 5.19. The topological polar surface area (TPSA) is 46.5 Å². The highest BCUT2D eigenvalue weighted by molar-refractivity contribution is 5.77. The Kier molecular flexibility index (Phi) is 2.86. The van der Waals surface area contributed by atoms with Crippen LogP contribution in [-0.2, 0) is 16.0 Å². The molecule has 1 aliphatic carbocycles. The summed E-state index contributed by atoms with van der Waals surface area (Å²) in [4.78, 5) is 11.8. The van der Waals surface area contributed by atoms with Gasteiger partial charge in [0.25, 0.3) is 0 Å². The van der Waals surface area contributed by atoms with E-state index in [9.17, 15) is 9.90 Å². The summed E-state index contributed by atoms with van der Waals surface area (Å²) < 4.78 is 4.88. The molecule has 0 aromatic heterocycles. The zero-order chi connectivity index (χ0) is 12.6. The van der Waals surface area contributed by atoms with Crippen LogP contribution in [0.25, 0.3) is 0 Å². The van der Waals surface area contributed by atoms with Gasteiger partial charge in [-0.15, -0.1) is 0 Å². The summed E-state index contributed by atoms with van der Waals surface area (Å²) in [6, 6.07) is 5.40. The van der Waals surface area contributed by atoms with E-state index in [4.69, 9.17) is 4.74 Å². The SMILES string of the molecule is COC(=O)C(C)(C)C1CCc2cc(O)ccc21. The van der Waals surface area contributed by atoms with E-state index >= 15 is 0 Å². The molecule has 1 unspecified atom stereocenters. The number of methoxy groups -OCH3 is 1. The van der Waals surface area contributed by atoms with Crippen molar-refractivity contribution in [2.24, 2.45) is 5.41 Å². The van der Waals surface area contributed by atoms with E-state index in [0.29, 0.717) is 5.75 Å². The fourth-order valence-corrected chi connectivity index (χ4v) is 2.76. The van der Waals surface area contributed by atoms with Crippen LogP contribution in [0, 0.1) is 5.41 Å². The van der Waals surface area contributed by atoms with Crippen molar-refractivity contribution < 1.29 is 14.6 Å².